The second-order valence-corrected chi connectivity index (χ2v) is 7.67. The zero-order valence-corrected chi connectivity index (χ0v) is 15.0. The van der Waals surface area contributed by atoms with Crippen molar-refractivity contribution in [3.63, 3.8) is 0 Å². The molecule has 1 heterocycles. The summed E-state index contributed by atoms with van der Waals surface area (Å²) in [6.07, 6.45) is 16.5. The summed E-state index contributed by atoms with van der Waals surface area (Å²) in [6, 6.07) is 0. The Kier molecular flexibility index (Phi) is 8.91. The first-order valence-corrected chi connectivity index (χ1v) is 10.1. The van der Waals surface area contributed by atoms with Crippen molar-refractivity contribution in [3.8, 4) is 0 Å². The highest BCUT2D eigenvalue weighted by Crippen LogP contribution is 2.38. The minimum absolute atomic E-state index is 0.110. The van der Waals surface area contributed by atoms with Crippen LogP contribution in [-0.2, 0) is 9.31 Å². The summed E-state index contributed by atoms with van der Waals surface area (Å²) in [5, 5.41) is 0. The highest BCUT2D eigenvalue weighted by Gasteiger charge is 2.36. The minimum Gasteiger partial charge on any atom is -0.411 e. The molecule has 22 heavy (non-hydrogen) atoms. The van der Waals surface area contributed by atoms with Crippen LogP contribution in [0.3, 0.4) is 0 Å². The largest absolute Gasteiger partial charge is 0.460 e. The van der Waals surface area contributed by atoms with Gasteiger partial charge in [-0.1, -0.05) is 84.5 Å². The Morgan fingerprint density at radius 1 is 0.727 bits per heavy atom. The summed E-state index contributed by atoms with van der Waals surface area (Å²) < 4.78 is 12.0. The summed E-state index contributed by atoms with van der Waals surface area (Å²) in [5.74, 6) is 2.29. The van der Waals surface area contributed by atoms with Crippen LogP contribution in [0.1, 0.15) is 90.9 Å². The molecule has 0 radical (unpaired) electrons. The average molecular weight is 308 g/mol. The number of hydrogen-bond acceptors (Lipinski definition) is 2. The first-order valence-electron chi connectivity index (χ1n) is 10.1. The molecule has 1 aliphatic heterocycles. The van der Waals surface area contributed by atoms with E-state index in [9.17, 15) is 0 Å². The predicted molar refractivity (Wildman–Crippen MR) is 95.1 cm³/mol. The maximum absolute atomic E-state index is 6.02. The Labute approximate surface area is 138 Å². The highest BCUT2D eigenvalue weighted by molar-refractivity contribution is 6.46. The molecule has 2 fully saturated rings. The molecule has 0 bridgehead atoms. The van der Waals surface area contributed by atoms with Crippen LogP contribution in [0.4, 0.5) is 0 Å². The molecule has 2 rings (SSSR count). The van der Waals surface area contributed by atoms with E-state index in [1.54, 1.807) is 0 Å². The van der Waals surface area contributed by atoms with Crippen molar-refractivity contribution in [2.45, 2.75) is 96.7 Å². The zero-order valence-electron chi connectivity index (χ0n) is 15.0. The van der Waals surface area contributed by atoms with Gasteiger partial charge in [-0.2, -0.15) is 0 Å². The fourth-order valence-corrected chi connectivity index (χ4v) is 4.19. The van der Waals surface area contributed by atoms with E-state index < -0.39 is 0 Å². The summed E-state index contributed by atoms with van der Waals surface area (Å²) in [5.41, 5.74) is 0. The van der Waals surface area contributed by atoms with Gasteiger partial charge < -0.3 is 9.31 Å². The molecule has 0 spiro atoms. The first-order chi connectivity index (χ1) is 10.8. The first kappa shape index (κ1) is 18.3. The van der Waals surface area contributed by atoms with Crippen molar-refractivity contribution in [1.82, 2.24) is 0 Å². The van der Waals surface area contributed by atoms with Crippen LogP contribution >= 0.6 is 0 Å². The minimum atomic E-state index is 0.110. The molecule has 0 atom stereocenters. The van der Waals surface area contributed by atoms with Gasteiger partial charge in [0.1, 0.15) is 0 Å². The summed E-state index contributed by atoms with van der Waals surface area (Å²) >= 11 is 0. The summed E-state index contributed by atoms with van der Waals surface area (Å²) in [6.45, 7) is 6.39. The normalized spacial score (nSPS) is 27.3. The van der Waals surface area contributed by atoms with Gasteiger partial charge in [0.2, 0.25) is 0 Å². The van der Waals surface area contributed by atoms with Crippen LogP contribution in [0.25, 0.3) is 0 Å². The smallest absolute Gasteiger partial charge is 0.411 e. The average Bonchev–Trinajstić information content (AvgIpc) is 2.56. The summed E-state index contributed by atoms with van der Waals surface area (Å²) in [7, 11) is 0.110. The second-order valence-electron chi connectivity index (χ2n) is 7.67. The molecule has 0 amide bonds. The third kappa shape index (κ3) is 6.24. The molecule has 0 N–H and O–H groups in total. The van der Waals surface area contributed by atoms with Crippen molar-refractivity contribution >= 4 is 7.12 Å². The third-order valence-electron chi connectivity index (χ3n) is 5.68. The van der Waals surface area contributed by atoms with Crippen LogP contribution in [0, 0.1) is 11.8 Å². The van der Waals surface area contributed by atoms with E-state index in [0.717, 1.165) is 19.1 Å². The van der Waals surface area contributed by atoms with Crippen molar-refractivity contribution in [2.75, 3.05) is 13.2 Å². The van der Waals surface area contributed by atoms with E-state index in [0.29, 0.717) is 11.7 Å². The highest BCUT2D eigenvalue weighted by atomic mass is 16.6. The van der Waals surface area contributed by atoms with Gasteiger partial charge in [-0.3, -0.25) is 0 Å². The van der Waals surface area contributed by atoms with E-state index in [4.69, 9.17) is 9.31 Å². The van der Waals surface area contributed by atoms with Gasteiger partial charge in [0, 0.05) is 19.1 Å². The Balaban J connectivity index is 1.55. The standard InChI is InChI=1S/C19H37BO2/c1-3-5-6-7-8-10-17-11-13-19(14-12-17)20-21-15-18(9-4-2)16-22-20/h17-19H,3-16H2,1-2H3. The molecule has 1 saturated heterocycles. The third-order valence-corrected chi connectivity index (χ3v) is 5.68. The van der Waals surface area contributed by atoms with Gasteiger partial charge in [-0.15, -0.1) is 0 Å². The fraction of sp³-hybridized carbons (Fsp3) is 1.00. The molecule has 1 aliphatic carbocycles. The fourth-order valence-electron chi connectivity index (χ4n) is 4.19. The monoisotopic (exact) mass is 308 g/mol. The van der Waals surface area contributed by atoms with Gasteiger partial charge in [-0.05, 0) is 18.2 Å². The van der Waals surface area contributed by atoms with Crippen LogP contribution in [-0.4, -0.2) is 20.3 Å². The molecule has 2 aliphatic rings. The van der Waals surface area contributed by atoms with E-state index in [2.05, 4.69) is 13.8 Å². The van der Waals surface area contributed by atoms with Gasteiger partial charge in [-0.25, -0.2) is 0 Å². The van der Waals surface area contributed by atoms with Crippen LogP contribution in [0.15, 0.2) is 0 Å². The molecular formula is C19H37BO2. The Morgan fingerprint density at radius 2 is 1.41 bits per heavy atom. The van der Waals surface area contributed by atoms with E-state index in [1.807, 2.05) is 0 Å². The molecule has 0 aromatic carbocycles. The van der Waals surface area contributed by atoms with E-state index in [-0.39, 0.29) is 7.12 Å². The SMILES string of the molecule is CCCCCCCC1CCC(B2OCC(CCC)CO2)CC1. The van der Waals surface area contributed by atoms with Crippen molar-refractivity contribution in [2.24, 2.45) is 11.8 Å². The van der Waals surface area contributed by atoms with Crippen LogP contribution in [0.2, 0.25) is 5.82 Å². The molecular weight excluding hydrogens is 271 g/mol. The van der Waals surface area contributed by atoms with E-state index >= 15 is 0 Å². The maximum atomic E-state index is 6.02. The molecule has 3 heteroatoms. The lowest BCUT2D eigenvalue weighted by atomic mass is 9.61. The Bertz CT molecular complexity index is 269. The quantitative estimate of drug-likeness (QED) is 0.392. The number of hydrogen-bond donors (Lipinski definition) is 0. The van der Waals surface area contributed by atoms with Gasteiger partial charge in [0.25, 0.3) is 0 Å². The molecule has 1 saturated carbocycles. The van der Waals surface area contributed by atoms with Gasteiger partial charge in [0.15, 0.2) is 0 Å². The Hall–Kier alpha value is -0.0151. The van der Waals surface area contributed by atoms with Crippen molar-refractivity contribution in [1.29, 1.82) is 0 Å². The summed E-state index contributed by atoms with van der Waals surface area (Å²) in [4.78, 5) is 0. The van der Waals surface area contributed by atoms with E-state index in [1.165, 1.54) is 77.0 Å². The Morgan fingerprint density at radius 3 is 2.05 bits per heavy atom. The second kappa shape index (κ2) is 10.7. The lowest BCUT2D eigenvalue weighted by Crippen LogP contribution is -2.40. The molecule has 128 valence electrons. The molecule has 0 unspecified atom stereocenters. The number of unbranched alkanes of at least 4 members (excludes halogenated alkanes) is 4. The zero-order chi connectivity index (χ0) is 15.6. The molecule has 0 aromatic rings. The lowest BCUT2D eigenvalue weighted by Gasteiger charge is -2.35. The lowest BCUT2D eigenvalue weighted by molar-refractivity contribution is 0.0653. The van der Waals surface area contributed by atoms with Gasteiger partial charge in [0.05, 0.1) is 0 Å². The van der Waals surface area contributed by atoms with Crippen LogP contribution < -0.4 is 0 Å². The molecule has 2 nitrogen and oxygen atoms in total. The maximum Gasteiger partial charge on any atom is 0.460 e. The van der Waals surface area contributed by atoms with Crippen LogP contribution in [0.5, 0.6) is 0 Å². The van der Waals surface area contributed by atoms with Crippen molar-refractivity contribution < 1.29 is 9.31 Å². The number of rotatable bonds is 9. The topological polar surface area (TPSA) is 18.5 Å². The predicted octanol–water partition coefficient (Wildman–Crippen LogP) is 5.86. The van der Waals surface area contributed by atoms with Crippen molar-refractivity contribution in [3.05, 3.63) is 0 Å². The molecule has 0 aromatic heterocycles. The van der Waals surface area contributed by atoms with Gasteiger partial charge >= 0.3 is 7.12 Å².